The van der Waals surface area contributed by atoms with Gasteiger partial charge >= 0.3 is 0 Å². The highest BCUT2D eigenvalue weighted by Crippen LogP contribution is 2.31. The van der Waals surface area contributed by atoms with Crippen LogP contribution in [-0.2, 0) is 4.79 Å². The van der Waals surface area contributed by atoms with Gasteiger partial charge in [-0.3, -0.25) is 19.9 Å². The summed E-state index contributed by atoms with van der Waals surface area (Å²) in [5, 5.41) is 10.7. The molecule has 1 saturated carbocycles. The molecule has 1 aromatic carbocycles. The number of anilines is 1. The van der Waals surface area contributed by atoms with Crippen LogP contribution in [0.25, 0.3) is 56.1 Å². The number of hydrogen-bond donors (Lipinski definition) is 3. The van der Waals surface area contributed by atoms with Gasteiger partial charge in [-0.2, -0.15) is 5.10 Å². The molecule has 0 saturated heterocycles. The smallest absolute Gasteiger partial charge is 0.227 e. The molecule has 5 heterocycles. The van der Waals surface area contributed by atoms with Gasteiger partial charge in [0.15, 0.2) is 11.5 Å². The van der Waals surface area contributed by atoms with E-state index in [9.17, 15) is 4.79 Å². The van der Waals surface area contributed by atoms with Crippen LogP contribution in [0.5, 0.6) is 0 Å². The number of rotatable bonds is 5. The fraction of sp³-hybridized carbons (Fsp3) is 0.200. The van der Waals surface area contributed by atoms with Crippen LogP contribution in [0.15, 0.2) is 73.2 Å². The third kappa shape index (κ3) is 4.41. The maximum absolute atomic E-state index is 12.8. The second-order valence-electron chi connectivity index (χ2n) is 9.95. The Morgan fingerprint density at radius 3 is 2.67 bits per heavy atom. The van der Waals surface area contributed by atoms with E-state index in [2.05, 4.69) is 30.5 Å². The standard InChI is InChI=1S/C30H26N8O/c39-30(18-7-2-1-3-8-18)33-20-15-19(16-31-17-20)22-12-13-25-27(34-22)28(38-37-25)29-35-24-11-6-9-21(26(24)36-29)23-10-4-5-14-32-23/h4-6,9-18H,1-3,7-8H2,(H,33,39)(H,35,36)(H,37,38). The zero-order chi connectivity index (χ0) is 26.2. The van der Waals surface area contributed by atoms with Gasteiger partial charge in [0, 0.05) is 29.4 Å². The van der Waals surface area contributed by atoms with E-state index in [0.717, 1.165) is 64.7 Å². The minimum atomic E-state index is 0.0733. The number of aromatic amines is 2. The SMILES string of the molecule is O=C(Nc1cncc(-c2ccc3[nH]nc(-c4nc5c(-c6ccccn6)cccc5[nH]4)c3n2)c1)C1CCCCC1. The molecule has 192 valence electrons. The number of benzene rings is 1. The van der Waals surface area contributed by atoms with Gasteiger partial charge in [0.25, 0.3) is 0 Å². The molecule has 7 rings (SSSR count). The van der Waals surface area contributed by atoms with Gasteiger partial charge < -0.3 is 10.3 Å². The molecule has 5 aromatic heterocycles. The van der Waals surface area contributed by atoms with E-state index in [1.807, 2.05) is 54.6 Å². The van der Waals surface area contributed by atoms with Gasteiger partial charge in [0.2, 0.25) is 5.91 Å². The van der Waals surface area contributed by atoms with Crippen LogP contribution in [0.4, 0.5) is 5.69 Å². The highest BCUT2D eigenvalue weighted by molar-refractivity contribution is 5.96. The molecule has 0 spiro atoms. The average molecular weight is 515 g/mol. The number of nitrogens with zero attached hydrogens (tertiary/aromatic N) is 5. The Bertz CT molecular complexity index is 1800. The Hall–Kier alpha value is -4.92. The van der Waals surface area contributed by atoms with Crippen LogP contribution in [0, 0.1) is 5.92 Å². The maximum atomic E-state index is 12.8. The summed E-state index contributed by atoms with van der Waals surface area (Å²) in [7, 11) is 0. The van der Waals surface area contributed by atoms with Crippen molar-refractivity contribution in [3.63, 3.8) is 0 Å². The molecule has 0 bridgehead atoms. The second-order valence-corrected chi connectivity index (χ2v) is 9.95. The third-order valence-corrected chi connectivity index (χ3v) is 7.36. The van der Waals surface area contributed by atoms with Crippen LogP contribution >= 0.6 is 0 Å². The predicted octanol–water partition coefficient (Wildman–Crippen LogP) is 6.14. The molecule has 6 aromatic rings. The number of amides is 1. The lowest BCUT2D eigenvalue weighted by Gasteiger charge is -2.20. The number of H-pyrrole nitrogens is 2. The number of para-hydroxylation sites is 1. The predicted molar refractivity (Wildman–Crippen MR) is 151 cm³/mol. The van der Waals surface area contributed by atoms with E-state index < -0.39 is 0 Å². The number of imidazole rings is 1. The molecule has 0 unspecified atom stereocenters. The van der Waals surface area contributed by atoms with Crippen LogP contribution in [0.1, 0.15) is 32.1 Å². The first-order chi connectivity index (χ1) is 19.2. The summed E-state index contributed by atoms with van der Waals surface area (Å²) in [5.41, 5.74) is 7.87. The number of nitrogens with one attached hydrogen (secondary N) is 3. The number of aromatic nitrogens is 7. The fourth-order valence-corrected chi connectivity index (χ4v) is 5.36. The summed E-state index contributed by atoms with van der Waals surface area (Å²) in [6.07, 6.45) is 10.6. The van der Waals surface area contributed by atoms with Gasteiger partial charge in [0.05, 0.1) is 39.8 Å². The molecule has 1 fully saturated rings. The van der Waals surface area contributed by atoms with Gasteiger partial charge in [-0.05, 0) is 49.2 Å². The van der Waals surface area contributed by atoms with Crippen molar-refractivity contribution < 1.29 is 4.79 Å². The molecule has 1 amide bonds. The molecule has 9 heteroatoms. The lowest BCUT2D eigenvalue weighted by Crippen LogP contribution is -2.24. The van der Waals surface area contributed by atoms with Gasteiger partial charge in [-0.25, -0.2) is 9.97 Å². The Balaban J connectivity index is 1.23. The first kappa shape index (κ1) is 23.2. The molecule has 1 aliphatic rings. The molecule has 0 atom stereocenters. The van der Waals surface area contributed by atoms with Crippen molar-refractivity contribution in [2.75, 3.05) is 5.32 Å². The van der Waals surface area contributed by atoms with Crippen molar-refractivity contribution in [3.05, 3.63) is 73.2 Å². The van der Waals surface area contributed by atoms with E-state index >= 15 is 0 Å². The fourth-order valence-electron chi connectivity index (χ4n) is 5.36. The summed E-state index contributed by atoms with van der Waals surface area (Å²) < 4.78 is 0. The Kier molecular flexibility index (Phi) is 5.81. The summed E-state index contributed by atoms with van der Waals surface area (Å²) in [6, 6.07) is 17.6. The highest BCUT2D eigenvalue weighted by Gasteiger charge is 2.21. The zero-order valence-electron chi connectivity index (χ0n) is 21.2. The van der Waals surface area contributed by atoms with Crippen molar-refractivity contribution >= 4 is 33.7 Å². The largest absolute Gasteiger partial charge is 0.336 e. The Morgan fingerprint density at radius 2 is 1.79 bits per heavy atom. The Morgan fingerprint density at radius 1 is 0.872 bits per heavy atom. The van der Waals surface area contributed by atoms with E-state index in [1.54, 1.807) is 18.6 Å². The minimum absolute atomic E-state index is 0.0733. The zero-order valence-corrected chi connectivity index (χ0v) is 21.2. The molecular weight excluding hydrogens is 488 g/mol. The topological polar surface area (TPSA) is 125 Å². The van der Waals surface area contributed by atoms with Crippen molar-refractivity contribution in [1.29, 1.82) is 0 Å². The molecule has 1 aliphatic carbocycles. The summed E-state index contributed by atoms with van der Waals surface area (Å²) in [4.78, 5) is 34.9. The van der Waals surface area contributed by atoms with E-state index in [-0.39, 0.29) is 11.8 Å². The van der Waals surface area contributed by atoms with Crippen LogP contribution in [0.3, 0.4) is 0 Å². The van der Waals surface area contributed by atoms with Crippen molar-refractivity contribution in [1.82, 2.24) is 35.1 Å². The van der Waals surface area contributed by atoms with E-state index in [0.29, 0.717) is 22.7 Å². The lowest BCUT2D eigenvalue weighted by atomic mass is 9.88. The number of fused-ring (bicyclic) bond motifs is 2. The van der Waals surface area contributed by atoms with Crippen LogP contribution in [-0.4, -0.2) is 41.0 Å². The van der Waals surface area contributed by atoms with E-state index in [4.69, 9.17) is 9.97 Å². The van der Waals surface area contributed by atoms with Crippen molar-refractivity contribution in [3.8, 4) is 34.0 Å². The average Bonchev–Trinajstić information content (AvgIpc) is 3.62. The van der Waals surface area contributed by atoms with Gasteiger partial charge in [0.1, 0.15) is 5.52 Å². The summed E-state index contributed by atoms with van der Waals surface area (Å²) in [5.74, 6) is 0.771. The maximum Gasteiger partial charge on any atom is 0.227 e. The number of hydrogen-bond acceptors (Lipinski definition) is 6. The molecular formula is C30H26N8O. The third-order valence-electron chi connectivity index (χ3n) is 7.36. The van der Waals surface area contributed by atoms with Gasteiger partial charge in [-0.15, -0.1) is 0 Å². The molecule has 0 aliphatic heterocycles. The van der Waals surface area contributed by atoms with Crippen molar-refractivity contribution in [2.45, 2.75) is 32.1 Å². The second kappa shape index (κ2) is 9.75. The number of pyridine rings is 3. The quantitative estimate of drug-likeness (QED) is 0.254. The van der Waals surface area contributed by atoms with Crippen molar-refractivity contribution in [2.24, 2.45) is 5.92 Å². The summed E-state index contributed by atoms with van der Waals surface area (Å²) >= 11 is 0. The van der Waals surface area contributed by atoms with E-state index in [1.165, 1.54) is 6.42 Å². The minimum Gasteiger partial charge on any atom is -0.336 e. The molecule has 0 radical (unpaired) electrons. The Labute approximate surface area is 224 Å². The molecule has 9 nitrogen and oxygen atoms in total. The first-order valence-electron chi connectivity index (χ1n) is 13.2. The molecule has 39 heavy (non-hydrogen) atoms. The lowest BCUT2D eigenvalue weighted by molar-refractivity contribution is -0.120. The number of carbonyl (C=O) groups is 1. The first-order valence-corrected chi connectivity index (χ1v) is 13.2. The number of carbonyl (C=O) groups excluding carboxylic acids is 1. The molecule has 3 N–H and O–H groups in total. The normalized spacial score (nSPS) is 14.2. The van der Waals surface area contributed by atoms with Crippen LogP contribution < -0.4 is 5.32 Å². The monoisotopic (exact) mass is 514 g/mol. The van der Waals surface area contributed by atoms with Crippen LogP contribution in [0.2, 0.25) is 0 Å². The summed E-state index contributed by atoms with van der Waals surface area (Å²) in [6.45, 7) is 0. The van der Waals surface area contributed by atoms with Gasteiger partial charge in [-0.1, -0.05) is 37.5 Å². The highest BCUT2D eigenvalue weighted by atomic mass is 16.1.